The normalized spacial score (nSPS) is 17.0. The fourth-order valence-corrected chi connectivity index (χ4v) is 3.70. The van der Waals surface area contributed by atoms with E-state index in [-0.39, 0.29) is 52.0 Å². The lowest BCUT2D eigenvalue weighted by Crippen LogP contribution is -2.53. The maximum Gasteiger partial charge on any atom is 0.340 e. The van der Waals surface area contributed by atoms with Crippen molar-refractivity contribution in [2.75, 3.05) is 5.32 Å². The standard InChI is InChI=1S/C27H28N8O6/c1-13(36)19-22(37)33-20-21(32-19)34-26(40-18-8-6-5-7-17(18)31-25(29)30)35-23(20)39-15-10-9-14(12-28)16(11-15)24(38)41-27(2,3)4/h5-11,13,19,36H,1-4H3,(H,33,37)(H4,29,30,31)(H,32,34,35). The highest BCUT2D eigenvalue weighted by Gasteiger charge is 2.36. The molecule has 0 spiro atoms. The van der Waals surface area contributed by atoms with Gasteiger partial charge < -0.3 is 35.7 Å². The van der Waals surface area contributed by atoms with Crippen LogP contribution in [0, 0.1) is 16.7 Å². The number of carbonyl (C=O) groups is 2. The molecule has 2 aromatic carbocycles. The van der Waals surface area contributed by atoms with Crippen LogP contribution in [-0.2, 0) is 9.53 Å². The van der Waals surface area contributed by atoms with Crippen LogP contribution in [0.25, 0.3) is 0 Å². The molecular weight excluding hydrogens is 532 g/mol. The molecule has 0 aliphatic carbocycles. The van der Waals surface area contributed by atoms with Crippen molar-refractivity contribution in [2.45, 2.75) is 45.4 Å². The molecular formula is C27H28N8O6. The Morgan fingerprint density at radius 1 is 1.22 bits per heavy atom. The second-order valence-electron chi connectivity index (χ2n) is 9.93. The summed E-state index contributed by atoms with van der Waals surface area (Å²) in [5, 5.41) is 35.3. The lowest BCUT2D eigenvalue weighted by atomic mass is 10.1. The van der Waals surface area contributed by atoms with Gasteiger partial charge in [0.15, 0.2) is 23.6 Å². The molecule has 212 valence electrons. The van der Waals surface area contributed by atoms with E-state index in [2.05, 4.69) is 25.9 Å². The zero-order valence-corrected chi connectivity index (χ0v) is 22.6. The number of aliphatic hydroxyl groups excluding tert-OH is 1. The summed E-state index contributed by atoms with van der Waals surface area (Å²) in [4.78, 5) is 34.1. The first-order valence-corrected chi connectivity index (χ1v) is 12.3. The number of nitriles is 1. The zero-order chi connectivity index (χ0) is 29.9. The number of hydrogen-bond donors (Lipinski definition) is 6. The molecule has 0 aromatic heterocycles. The van der Waals surface area contributed by atoms with Crippen molar-refractivity contribution in [2.24, 2.45) is 15.7 Å². The number of esters is 1. The molecule has 0 radical (unpaired) electrons. The predicted molar refractivity (Wildman–Crippen MR) is 148 cm³/mol. The third-order valence-corrected chi connectivity index (χ3v) is 5.43. The van der Waals surface area contributed by atoms with Crippen LogP contribution in [0.4, 0.5) is 5.69 Å². The van der Waals surface area contributed by atoms with Gasteiger partial charge in [-0.25, -0.2) is 4.79 Å². The highest BCUT2D eigenvalue weighted by Crippen LogP contribution is 2.27. The fraction of sp³-hybridized carbons (Fsp3) is 0.259. The maximum absolute atomic E-state index is 12.8. The van der Waals surface area contributed by atoms with Crippen molar-refractivity contribution < 1.29 is 28.9 Å². The largest absolute Gasteiger partial charge is 0.456 e. The van der Waals surface area contributed by atoms with Crippen molar-refractivity contribution in [3.63, 3.8) is 0 Å². The van der Waals surface area contributed by atoms with Gasteiger partial charge in [-0.15, -0.1) is 0 Å². The number of para-hydroxylation sites is 2. The van der Waals surface area contributed by atoms with Gasteiger partial charge in [0.1, 0.15) is 23.1 Å². The molecule has 0 bridgehead atoms. The number of amidine groups is 2. The van der Waals surface area contributed by atoms with Crippen molar-refractivity contribution in [1.82, 2.24) is 10.6 Å². The van der Waals surface area contributed by atoms with E-state index in [4.69, 9.17) is 25.4 Å². The van der Waals surface area contributed by atoms with Crippen molar-refractivity contribution in [3.8, 4) is 17.6 Å². The molecule has 4 rings (SSSR count). The summed E-state index contributed by atoms with van der Waals surface area (Å²) < 4.78 is 17.3. The van der Waals surface area contributed by atoms with Gasteiger partial charge in [-0.2, -0.15) is 10.3 Å². The van der Waals surface area contributed by atoms with Gasteiger partial charge in [-0.1, -0.05) is 12.1 Å². The highest BCUT2D eigenvalue weighted by atomic mass is 16.6. The fourth-order valence-electron chi connectivity index (χ4n) is 3.70. The van der Waals surface area contributed by atoms with Crippen LogP contribution < -0.4 is 31.2 Å². The van der Waals surface area contributed by atoms with Crippen LogP contribution in [0.2, 0.25) is 0 Å². The number of aliphatic imine (C=N–C) groups is 2. The van der Waals surface area contributed by atoms with Crippen LogP contribution in [0.15, 0.2) is 64.0 Å². The van der Waals surface area contributed by atoms with Crippen LogP contribution in [-0.4, -0.2) is 52.5 Å². The van der Waals surface area contributed by atoms with Crippen molar-refractivity contribution in [1.29, 1.82) is 10.7 Å². The first kappa shape index (κ1) is 28.6. The van der Waals surface area contributed by atoms with Crippen LogP contribution >= 0.6 is 0 Å². The van der Waals surface area contributed by atoms with E-state index in [1.165, 1.54) is 25.1 Å². The van der Waals surface area contributed by atoms with Gasteiger partial charge in [-0.3, -0.25) is 20.5 Å². The summed E-state index contributed by atoms with van der Waals surface area (Å²) >= 11 is 0. The molecule has 2 aliphatic rings. The Labute approximate surface area is 235 Å². The summed E-state index contributed by atoms with van der Waals surface area (Å²) in [7, 11) is 0. The van der Waals surface area contributed by atoms with Crippen LogP contribution in [0.5, 0.6) is 11.5 Å². The lowest BCUT2D eigenvalue weighted by molar-refractivity contribution is -0.123. The molecule has 2 atom stereocenters. The number of anilines is 1. The van der Waals surface area contributed by atoms with Crippen molar-refractivity contribution >= 4 is 35.4 Å². The Kier molecular flexibility index (Phi) is 7.92. The van der Waals surface area contributed by atoms with E-state index >= 15 is 0 Å². The monoisotopic (exact) mass is 560 g/mol. The molecule has 14 heteroatoms. The Morgan fingerprint density at radius 2 is 1.95 bits per heavy atom. The second kappa shape index (κ2) is 11.4. The molecule has 2 aromatic rings. The number of nitrogens with one attached hydrogen (secondary N) is 4. The number of rotatable bonds is 6. The quantitative estimate of drug-likeness (QED) is 0.171. The zero-order valence-electron chi connectivity index (χ0n) is 22.6. The molecule has 0 saturated carbocycles. The Bertz CT molecular complexity index is 1550. The third-order valence-electron chi connectivity index (χ3n) is 5.43. The minimum Gasteiger partial charge on any atom is -0.456 e. The summed E-state index contributed by atoms with van der Waals surface area (Å²) in [6.07, 6.45) is -1.10. The van der Waals surface area contributed by atoms with Crippen molar-refractivity contribution in [3.05, 3.63) is 65.2 Å². The summed E-state index contributed by atoms with van der Waals surface area (Å²) in [5.41, 5.74) is 5.14. The SMILES string of the molecule is CC(O)C1N=C2NC(Oc3ccccc3NC(=N)N)=NC(Oc3ccc(C#N)c(C(=O)OC(C)(C)C)c3)=C2NC1=O. The molecule has 7 N–H and O–H groups in total. The number of benzene rings is 2. The first-order chi connectivity index (χ1) is 19.3. The summed E-state index contributed by atoms with van der Waals surface area (Å²) in [6.45, 7) is 6.53. The maximum atomic E-state index is 12.8. The highest BCUT2D eigenvalue weighted by molar-refractivity contribution is 6.14. The first-order valence-electron chi connectivity index (χ1n) is 12.3. The van der Waals surface area contributed by atoms with E-state index in [9.17, 15) is 20.0 Å². The van der Waals surface area contributed by atoms with Gasteiger partial charge in [0.05, 0.1) is 22.9 Å². The molecule has 2 heterocycles. The van der Waals surface area contributed by atoms with E-state index in [0.717, 1.165) is 0 Å². The number of aliphatic hydroxyl groups is 1. The number of carbonyl (C=O) groups excluding carboxylic acids is 2. The minimum atomic E-state index is -1.12. The molecule has 0 fully saturated rings. The van der Waals surface area contributed by atoms with E-state index < -0.39 is 29.6 Å². The molecule has 41 heavy (non-hydrogen) atoms. The van der Waals surface area contributed by atoms with Crippen LogP contribution in [0.1, 0.15) is 43.6 Å². The number of ether oxygens (including phenoxy) is 3. The van der Waals surface area contributed by atoms with Gasteiger partial charge in [-0.05, 0) is 58.0 Å². The summed E-state index contributed by atoms with van der Waals surface area (Å²) in [6, 6.07) is 11.5. The van der Waals surface area contributed by atoms with Crippen LogP contribution in [0.3, 0.4) is 0 Å². The number of amides is 1. The minimum absolute atomic E-state index is 0.0279. The topological polar surface area (TPSA) is 217 Å². The van der Waals surface area contributed by atoms with Gasteiger partial charge in [0.25, 0.3) is 11.8 Å². The predicted octanol–water partition coefficient (Wildman–Crippen LogP) is 1.68. The smallest absolute Gasteiger partial charge is 0.340 e. The van der Waals surface area contributed by atoms with E-state index in [0.29, 0.717) is 5.69 Å². The number of hydrogen-bond acceptors (Lipinski definition) is 11. The Morgan fingerprint density at radius 3 is 2.61 bits per heavy atom. The molecule has 14 nitrogen and oxygen atoms in total. The third kappa shape index (κ3) is 6.78. The average Bonchev–Trinajstić information content (AvgIpc) is 2.88. The number of nitrogens with zero attached hydrogens (tertiary/aromatic N) is 3. The van der Waals surface area contributed by atoms with Gasteiger partial charge >= 0.3 is 12.0 Å². The number of fused-ring (bicyclic) bond motifs is 1. The van der Waals surface area contributed by atoms with E-state index in [1.54, 1.807) is 45.0 Å². The molecule has 1 amide bonds. The molecule has 0 saturated heterocycles. The van der Waals surface area contributed by atoms with E-state index in [1.807, 2.05) is 6.07 Å². The Balaban J connectivity index is 1.75. The molecule has 2 unspecified atom stereocenters. The summed E-state index contributed by atoms with van der Waals surface area (Å²) in [5.74, 6) is -1.35. The second-order valence-corrected chi connectivity index (χ2v) is 9.93. The molecule has 2 aliphatic heterocycles. The Hall–Kier alpha value is -5.42. The van der Waals surface area contributed by atoms with Gasteiger partial charge in [0, 0.05) is 0 Å². The van der Waals surface area contributed by atoms with Gasteiger partial charge in [0.2, 0.25) is 0 Å². The number of nitrogens with two attached hydrogens (primary N) is 1. The average molecular weight is 561 g/mol. The lowest BCUT2D eigenvalue weighted by Gasteiger charge is -2.29. The number of guanidine groups is 1.